The summed E-state index contributed by atoms with van der Waals surface area (Å²) >= 11 is 0. The van der Waals surface area contributed by atoms with Crippen LogP contribution in [0.15, 0.2) is 79.4 Å². The molecule has 1 N–H and O–H groups in total. The number of rotatable bonds is 16. The van der Waals surface area contributed by atoms with Gasteiger partial charge in [-0.25, -0.2) is 4.68 Å². The lowest BCUT2D eigenvalue weighted by atomic mass is 10.0. The van der Waals surface area contributed by atoms with Gasteiger partial charge in [0.15, 0.2) is 0 Å². The van der Waals surface area contributed by atoms with E-state index < -0.39 is 0 Å². The fraction of sp³-hybridized carbons (Fsp3) is 0.486. The lowest BCUT2D eigenvalue weighted by Gasteiger charge is -2.12. The number of hydrogen-bond acceptors (Lipinski definition) is 3. The van der Waals surface area contributed by atoms with E-state index >= 15 is 0 Å². The summed E-state index contributed by atoms with van der Waals surface area (Å²) in [7, 11) is 0. The van der Waals surface area contributed by atoms with E-state index in [2.05, 4.69) is 104 Å². The summed E-state index contributed by atoms with van der Waals surface area (Å²) in [6.07, 6.45) is 19.9. The van der Waals surface area contributed by atoms with Crippen LogP contribution in [0, 0.1) is 0 Å². The molecule has 0 fully saturated rings. The molecule has 3 rings (SSSR count). The molecular formula is C35H52N4. The lowest BCUT2D eigenvalue weighted by molar-refractivity contribution is 0.620. The van der Waals surface area contributed by atoms with Crippen LogP contribution in [0.25, 0.3) is 5.70 Å². The fourth-order valence-corrected chi connectivity index (χ4v) is 4.65. The van der Waals surface area contributed by atoms with E-state index in [1.807, 2.05) is 24.7 Å². The summed E-state index contributed by atoms with van der Waals surface area (Å²) in [5.41, 5.74) is 7.56. The monoisotopic (exact) mass is 528 g/mol. The van der Waals surface area contributed by atoms with Gasteiger partial charge in [0.25, 0.3) is 0 Å². The summed E-state index contributed by atoms with van der Waals surface area (Å²) in [6.45, 7) is 16.2. The van der Waals surface area contributed by atoms with Gasteiger partial charge in [-0.15, -0.1) is 0 Å². The Morgan fingerprint density at radius 3 is 2.26 bits per heavy atom. The van der Waals surface area contributed by atoms with Crippen molar-refractivity contribution in [2.45, 2.75) is 105 Å². The number of aryl methyl sites for hydroxylation is 2. The second kappa shape index (κ2) is 19.0. The van der Waals surface area contributed by atoms with Crippen LogP contribution in [0.5, 0.6) is 0 Å². The summed E-state index contributed by atoms with van der Waals surface area (Å²) in [6, 6.07) is 14.8. The molecule has 4 nitrogen and oxygen atoms in total. The highest BCUT2D eigenvalue weighted by Gasteiger charge is 2.13. The average molecular weight is 529 g/mol. The number of pyridine rings is 1. The molecule has 0 aliphatic rings. The Kier molecular flexibility index (Phi) is 15.6. The van der Waals surface area contributed by atoms with Crippen molar-refractivity contribution in [1.29, 1.82) is 0 Å². The minimum atomic E-state index is 0.498. The minimum Gasteiger partial charge on any atom is -0.385 e. The second-order valence-electron chi connectivity index (χ2n) is 10.7. The predicted molar refractivity (Wildman–Crippen MR) is 169 cm³/mol. The molecule has 0 radical (unpaired) electrons. The Morgan fingerprint density at radius 2 is 1.59 bits per heavy atom. The van der Waals surface area contributed by atoms with Gasteiger partial charge >= 0.3 is 0 Å². The third kappa shape index (κ3) is 12.5. The summed E-state index contributed by atoms with van der Waals surface area (Å²) < 4.78 is 2.09. The van der Waals surface area contributed by atoms with Gasteiger partial charge in [-0.1, -0.05) is 96.4 Å². The first-order valence-electron chi connectivity index (χ1n) is 15.1. The average Bonchev–Trinajstić information content (AvgIpc) is 3.37. The smallest absolute Gasteiger partial charge is 0.0531 e. The summed E-state index contributed by atoms with van der Waals surface area (Å²) in [5, 5.41) is 8.09. The van der Waals surface area contributed by atoms with Crippen molar-refractivity contribution in [3.05, 3.63) is 102 Å². The van der Waals surface area contributed by atoms with Gasteiger partial charge < -0.3 is 5.32 Å². The molecule has 0 aliphatic carbocycles. The number of benzene rings is 1. The first kappa shape index (κ1) is 32.1. The van der Waals surface area contributed by atoms with Gasteiger partial charge in [0.05, 0.1) is 6.20 Å². The lowest BCUT2D eigenvalue weighted by Crippen LogP contribution is -2.13. The molecule has 0 saturated carbocycles. The highest BCUT2D eigenvalue weighted by Crippen LogP contribution is 2.23. The van der Waals surface area contributed by atoms with E-state index in [-0.39, 0.29) is 0 Å². The van der Waals surface area contributed by atoms with Crippen molar-refractivity contribution in [3.8, 4) is 0 Å². The minimum absolute atomic E-state index is 0.498. The first-order chi connectivity index (χ1) is 19.0. The van der Waals surface area contributed by atoms with Crippen molar-refractivity contribution < 1.29 is 0 Å². The second-order valence-corrected chi connectivity index (χ2v) is 10.7. The van der Waals surface area contributed by atoms with Crippen LogP contribution in [0.2, 0.25) is 0 Å². The molecule has 2 heterocycles. The normalized spacial score (nSPS) is 11.3. The van der Waals surface area contributed by atoms with Gasteiger partial charge in [0, 0.05) is 36.0 Å². The molecule has 0 saturated heterocycles. The maximum atomic E-state index is 4.64. The van der Waals surface area contributed by atoms with Crippen LogP contribution in [0.4, 0.5) is 0 Å². The topological polar surface area (TPSA) is 42.7 Å². The highest BCUT2D eigenvalue weighted by molar-refractivity contribution is 5.49. The Morgan fingerprint density at radius 1 is 0.872 bits per heavy atom. The summed E-state index contributed by atoms with van der Waals surface area (Å²) in [4.78, 5) is 4.17. The van der Waals surface area contributed by atoms with Crippen LogP contribution >= 0.6 is 0 Å². The van der Waals surface area contributed by atoms with E-state index in [0.717, 1.165) is 37.2 Å². The molecular weight excluding hydrogens is 476 g/mol. The van der Waals surface area contributed by atoms with E-state index in [0.29, 0.717) is 5.92 Å². The van der Waals surface area contributed by atoms with E-state index in [1.54, 1.807) is 0 Å². The van der Waals surface area contributed by atoms with Crippen LogP contribution in [-0.2, 0) is 19.3 Å². The molecule has 0 amide bonds. The van der Waals surface area contributed by atoms with Crippen LogP contribution in [-0.4, -0.2) is 21.3 Å². The molecule has 0 atom stereocenters. The third-order valence-electron chi connectivity index (χ3n) is 6.86. The Balaban J connectivity index is 0.000000446. The first-order valence-corrected chi connectivity index (χ1v) is 15.1. The summed E-state index contributed by atoms with van der Waals surface area (Å²) in [5.74, 6) is 0.498. The number of nitrogens with one attached hydrogen (secondary N) is 1. The molecule has 0 spiro atoms. The fourth-order valence-electron chi connectivity index (χ4n) is 4.65. The molecule has 2 aromatic heterocycles. The van der Waals surface area contributed by atoms with Gasteiger partial charge in [-0.2, -0.15) is 5.10 Å². The van der Waals surface area contributed by atoms with Crippen LogP contribution < -0.4 is 5.32 Å². The molecule has 1 aromatic carbocycles. The van der Waals surface area contributed by atoms with Crippen molar-refractivity contribution in [3.63, 3.8) is 0 Å². The highest BCUT2D eigenvalue weighted by atomic mass is 15.3. The molecule has 3 aromatic rings. The number of aromatic nitrogens is 3. The quantitative estimate of drug-likeness (QED) is 0.149. The van der Waals surface area contributed by atoms with Gasteiger partial charge in [0.2, 0.25) is 0 Å². The molecule has 39 heavy (non-hydrogen) atoms. The van der Waals surface area contributed by atoms with Crippen molar-refractivity contribution in [2.24, 2.45) is 0 Å². The number of allylic oxidation sites excluding steroid dienone is 2. The SMILES string of the molecule is C=C(/C=C(/C)n1ncc(C(C)C)c1CCC)NCCCCCCc1cccnc1.CCCCc1ccccc1. The van der Waals surface area contributed by atoms with Crippen molar-refractivity contribution in [2.75, 3.05) is 6.54 Å². The van der Waals surface area contributed by atoms with Gasteiger partial charge in [0.1, 0.15) is 0 Å². The van der Waals surface area contributed by atoms with Crippen molar-refractivity contribution in [1.82, 2.24) is 20.1 Å². The van der Waals surface area contributed by atoms with E-state index in [1.165, 1.54) is 67.3 Å². The Labute approximate surface area is 238 Å². The van der Waals surface area contributed by atoms with E-state index in [9.17, 15) is 0 Å². The zero-order valence-electron chi connectivity index (χ0n) is 25.3. The maximum Gasteiger partial charge on any atom is 0.0531 e. The number of unbranched alkanes of at least 4 members (excludes halogenated alkanes) is 4. The Hall–Kier alpha value is -3.14. The largest absolute Gasteiger partial charge is 0.385 e. The molecule has 0 unspecified atom stereocenters. The Bertz CT molecular complexity index is 1080. The predicted octanol–water partition coefficient (Wildman–Crippen LogP) is 9.15. The molecule has 0 bridgehead atoms. The van der Waals surface area contributed by atoms with Crippen LogP contribution in [0.3, 0.4) is 0 Å². The van der Waals surface area contributed by atoms with Gasteiger partial charge in [-0.3, -0.25) is 4.98 Å². The van der Waals surface area contributed by atoms with Crippen molar-refractivity contribution >= 4 is 5.70 Å². The zero-order chi connectivity index (χ0) is 28.3. The number of nitrogens with zero attached hydrogens (tertiary/aromatic N) is 3. The number of hydrogen-bond donors (Lipinski definition) is 1. The van der Waals surface area contributed by atoms with Gasteiger partial charge in [-0.05, 0) is 80.2 Å². The third-order valence-corrected chi connectivity index (χ3v) is 6.86. The van der Waals surface area contributed by atoms with Crippen LogP contribution in [0.1, 0.15) is 108 Å². The zero-order valence-corrected chi connectivity index (χ0v) is 25.3. The van der Waals surface area contributed by atoms with E-state index in [4.69, 9.17) is 0 Å². The standard InChI is InChI=1S/C25H38N4.C10H14/c1-6-12-25-24(20(2)3)19-28-29(25)22(5)17-21(4)27-16-10-8-7-9-13-23-14-11-15-26-18-23;1-2-3-7-10-8-5-4-6-9-10/h11,14-15,17-20,27H,4,6-10,12-13,16H2,1-3,5H3;4-6,8-9H,2-3,7H2,1H3/b22-17-;. The molecule has 212 valence electrons. The maximum absolute atomic E-state index is 4.64. The molecule has 4 heteroatoms. The molecule has 0 aliphatic heterocycles.